The van der Waals surface area contributed by atoms with E-state index in [1.807, 2.05) is 20.8 Å². The Labute approximate surface area is 140 Å². The third-order valence-corrected chi connectivity index (χ3v) is 2.90. The Morgan fingerprint density at radius 3 is 1.61 bits per heavy atom. The van der Waals surface area contributed by atoms with Crippen molar-refractivity contribution in [3.05, 3.63) is 12.2 Å². The molecule has 6 nitrogen and oxygen atoms in total. The van der Waals surface area contributed by atoms with Crippen LogP contribution in [-0.4, -0.2) is 63.9 Å². The van der Waals surface area contributed by atoms with Crippen LogP contribution in [0, 0.1) is 0 Å². The SMILES string of the molecule is C=C(C)C(=O)OC(C)COC(C)COC(C)COC(C)COC. The van der Waals surface area contributed by atoms with E-state index in [1.165, 1.54) is 0 Å². The maximum absolute atomic E-state index is 11.4. The summed E-state index contributed by atoms with van der Waals surface area (Å²) in [6.07, 6.45) is -0.403. The Kier molecular flexibility index (Phi) is 12.0. The molecule has 0 aliphatic carbocycles. The number of hydrogen-bond donors (Lipinski definition) is 0. The summed E-state index contributed by atoms with van der Waals surface area (Å²) in [4.78, 5) is 11.4. The van der Waals surface area contributed by atoms with Crippen LogP contribution in [-0.2, 0) is 28.5 Å². The van der Waals surface area contributed by atoms with Crippen LogP contribution >= 0.6 is 0 Å². The zero-order valence-corrected chi connectivity index (χ0v) is 15.3. The Bertz CT molecular complexity index is 344. The van der Waals surface area contributed by atoms with E-state index in [1.54, 1.807) is 21.0 Å². The number of hydrogen-bond acceptors (Lipinski definition) is 6. The smallest absolute Gasteiger partial charge is 0.333 e. The molecule has 0 fully saturated rings. The van der Waals surface area contributed by atoms with E-state index < -0.39 is 5.97 Å². The molecule has 0 aromatic heterocycles. The minimum Gasteiger partial charge on any atom is -0.457 e. The lowest BCUT2D eigenvalue weighted by Gasteiger charge is -2.21. The average Bonchev–Trinajstić information content (AvgIpc) is 2.48. The van der Waals surface area contributed by atoms with E-state index in [4.69, 9.17) is 23.7 Å². The molecule has 0 radical (unpaired) electrons. The van der Waals surface area contributed by atoms with Crippen molar-refractivity contribution in [3.63, 3.8) is 0 Å². The highest BCUT2D eigenvalue weighted by atomic mass is 16.6. The van der Waals surface area contributed by atoms with Gasteiger partial charge in [0.1, 0.15) is 6.10 Å². The molecule has 0 rings (SSSR count). The normalized spacial score (nSPS) is 16.4. The predicted molar refractivity (Wildman–Crippen MR) is 88.5 cm³/mol. The summed E-state index contributed by atoms with van der Waals surface area (Å²) in [6.45, 7) is 14.6. The minimum atomic E-state index is -0.402. The molecule has 0 amide bonds. The van der Waals surface area contributed by atoms with Gasteiger partial charge < -0.3 is 23.7 Å². The van der Waals surface area contributed by atoms with Crippen molar-refractivity contribution < 1.29 is 28.5 Å². The highest BCUT2D eigenvalue weighted by Gasteiger charge is 2.13. The van der Waals surface area contributed by atoms with Crippen LogP contribution < -0.4 is 0 Å². The van der Waals surface area contributed by atoms with Gasteiger partial charge in [0.05, 0.1) is 44.7 Å². The maximum atomic E-state index is 11.4. The summed E-state index contributed by atoms with van der Waals surface area (Å²) < 4.78 is 27.0. The summed E-state index contributed by atoms with van der Waals surface area (Å²) in [7, 11) is 1.65. The molecule has 0 aromatic rings. The first-order chi connectivity index (χ1) is 10.8. The predicted octanol–water partition coefficient (Wildman–Crippen LogP) is 2.36. The van der Waals surface area contributed by atoms with Crippen molar-refractivity contribution in [2.24, 2.45) is 0 Å². The Morgan fingerprint density at radius 1 is 0.826 bits per heavy atom. The number of rotatable bonds is 13. The van der Waals surface area contributed by atoms with Gasteiger partial charge in [-0.2, -0.15) is 0 Å². The summed E-state index contributed by atoms with van der Waals surface area (Å²) in [6, 6.07) is 0. The Hall–Kier alpha value is -0.950. The van der Waals surface area contributed by atoms with E-state index in [9.17, 15) is 4.79 Å². The maximum Gasteiger partial charge on any atom is 0.333 e. The van der Waals surface area contributed by atoms with Crippen LogP contribution in [0.2, 0.25) is 0 Å². The highest BCUT2D eigenvalue weighted by molar-refractivity contribution is 5.87. The van der Waals surface area contributed by atoms with Crippen LogP contribution in [0.4, 0.5) is 0 Å². The summed E-state index contributed by atoms with van der Waals surface area (Å²) in [5, 5.41) is 0. The van der Waals surface area contributed by atoms with Crippen LogP contribution in [0.1, 0.15) is 34.6 Å². The summed E-state index contributed by atoms with van der Waals surface area (Å²) in [5.41, 5.74) is 0.379. The Morgan fingerprint density at radius 2 is 1.22 bits per heavy atom. The standard InChI is InChI=1S/C17H32O6/c1-12(2)17(18)23-16(6)11-22-15(5)10-21-14(4)9-20-13(3)8-19-7/h13-16H,1,8-11H2,2-7H3. The quantitative estimate of drug-likeness (QED) is 0.381. The lowest BCUT2D eigenvalue weighted by atomic mass is 10.3. The first-order valence-corrected chi connectivity index (χ1v) is 7.96. The number of carbonyl (C=O) groups excluding carboxylic acids is 1. The van der Waals surface area contributed by atoms with Crippen molar-refractivity contribution >= 4 is 5.97 Å². The summed E-state index contributed by atoms with van der Waals surface area (Å²) in [5.74, 6) is -0.402. The van der Waals surface area contributed by atoms with Crippen LogP contribution in [0.5, 0.6) is 0 Å². The van der Waals surface area contributed by atoms with Crippen molar-refractivity contribution in [3.8, 4) is 0 Å². The van der Waals surface area contributed by atoms with E-state index in [-0.39, 0.29) is 24.4 Å². The second kappa shape index (κ2) is 12.5. The molecule has 0 aliphatic heterocycles. The number of ether oxygens (including phenoxy) is 5. The second-order valence-electron chi connectivity index (χ2n) is 5.88. The van der Waals surface area contributed by atoms with Crippen LogP contribution in [0.25, 0.3) is 0 Å². The molecule has 0 aromatic carbocycles. The molecule has 136 valence electrons. The monoisotopic (exact) mass is 332 g/mol. The Balaban J connectivity index is 3.79. The fourth-order valence-corrected chi connectivity index (χ4v) is 1.60. The van der Waals surface area contributed by atoms with Gasteiger partial charge in [-0.3, -0.25) is 0 Å². The molecule has 0 bridgehead atoms. The van der Waals surface area contributed by atoms with Crippen LogP contribution in [0.3, 0.4) is 0 Å². The van der Waals surface area contributed by atoms with Crippen molar-refractivity contribution in [1.29, 1.82) is 0 Å². The van der Waals surface area contributed by atoms with Gasteiger partial charge in [0.2, 0.25) is 0 Å². The first kappa shape index (κ1) is 22.1. The van der Waals surface area contributed by atoms with Gasteiger partial charge in [-0.05, 0) is 34.6 Å². The average molecular weight is 332 g/mol. The van der Waals surface area contributed by atoms with Gasteiger partial charge >= 0.3 is 5.97 Å². The number of esters is 1. The number of carbonyl (C=O) groups is 1. The van der Waals surface area contributed by atoms with E-state index in [2.05, 4.69) is 6.58 Å². The first-order valence-electron chi connectivity index (χ1n) is 7.96. The second-order valence-corrected chi connectivity index (χ2v) is 5.88. The molecular weight excluding hydrogens is 300 g/mol. The molecule has 0 spiro atoms. The molecule has 0 saturated heterocycles. The molecular formula is C17H32O6. The molecule has 0 heterocycles. The highest BCUT2D eigenvalue weighted by Crippen LogP contribution is 2.03. The van der Waals surface area contributed by atoms with Gasteiger partial charge in [0.15, 0.2) is 0 Å². The molecule has 0 aliphatic rings. The van der Waals surface area contributed by atoms with Crippen molar-refractivity contribution in [2.75, 3.05) is 33.5 Å². The molecule has 0 N–H and O–H groups in total. The molecule has 23 heavy (non-hydrogen) atoms. The van der Waals surface area contributed by atoms with E-state index in [0.717, 1.165) is 0 Å². The zero-order chi connectivity index (χ0) is 17.8. The van der Waals surface area contributed by atoms with Gasteiger partial charge in [-0.1, -0.05) is 6.58 Å². The summed E-state index contributed by atoms with van der Waals surface area (Å²) >= 11 is 0. The van der Waals surface area contributed by atoms with Gasteiger partial charge in [0, 0.05) is 12.7 Å². The fourth-order valence-electron chi connectivity index (χ4n) is 1.60. The van der Waals surface area contributed by atoms with E-state index >= 15 is 0 Å². The van der Waals surface area contributed by atoms with Gasteiger partial charge in [-0.25, -0.2) is 4.79 Å². The van der Waals surface area contributed by atoms with Crippen molar-refractivity contribution in [1.82, 2.24) is 0 Å². The van der Waals surface area contributed by atoms with Gasteiger partial charge in [-0.15, -0.1) is 0 Å². The number of methoxy groups -OCH3 is 1. The largest absolute Gasteiger partial charge is 0.457 e. The molecule has 4 atom stereocenters. The minimum absolute atomic E-state index is 0.0287. The topological polar surface area (TPSA) is 63.2 Å². The van der Waals surface area contributed by atoms with Crippen LogP contribution in [0.15, 0.2) is 12.2 Å². The zero-order valence-electron chi connectivity index (χ0n) is 15.3. The van der Waals surface area contributed by atoms with E-state index in [0.29, 0.717) is 32.0 Å². The molecule has 4 unspecified atom stereocenters. The third kappa shape index (κ3) is 12.2. The fraction of sp³-hybridized carbons (Fsp3) is 0.824. The molecule has 6 heteroatoms. The van der Waals surface area contributed by atoms with Gasteiger partial charge in [0.25, 0.3) is 0 Å². The molecule has 0 saturated carbocycles. The van der Waals surface area contributed by atoms with Crippen molar-refractivity contribution in [2.45, 2.75) is 59.0 Å². The third-order valence-electron chi connectivity index (χ3n) is 2.90. The lowest BCUT2D eigenvalue weighted by molar-refractivity contribution is -0.148. The lowest BCUT2D eigenvalue weighted by Crippen LogP contribution is -2.28.